The van der Waals surface area contributed by atoms with Crippen LogP contribution < -0.4 is 68.9 Å². The molecule has 7 nitrogen and oxygen atoms in total. The monoisotopic (exact) mass is 472 g/mol. The first-order valence-corrected chi connectivity index (χ1v) is 11.2. The first kappa shape index (κ1) is 33.7. The van der Waals surface area contributed by atoms with Crippen LogP contribution in [0.15, 0.2) is 48.6 Å². The van der Waals surface area contributed by atoms with E-state index in [0.29, 0.717) is 6.42 Å². The van der Waals surface area contributed by atoms with Gasteiger partial charge in [-0.1, -0.05) is 63.3 Å². The molecule has 6 unspecified atom stereocenters. The minimum absolute atomic E-state index is 0. The normalized spacial score (nSPS) is 23.3. The number of carbonyl (C=O) groups is 1. The summed E-state index contributed by atoms with van der Waals surface area (Å²) in [7, 11) is -5.23. The maximum absolute atomic E-state index is 11.5. The molecule has 0 amide bonds. The van der Waals surface area contributed by atoms with Gasteiger partial charge < -0.3 is 28.7 Å². The van der Waals surface area contributed by atoms with Gasteiger partial charge in [0, 0.05) is 17.9 Å². The Hall–Kier alpha value is 0.500. The number of ether oxygens (including phenoxy) is 1. The molecule has 1 rings (SSSR count). The van der Waals surface area contributed by atoms with Crippen LogP contribution in [0.25, 0.3) is 0 Å². The van der Waals surface area contributed by atoms with E-state index in [1.54, 1.807) is 31.2 Å². The van der Waals surface area contributed by atoms with Gasteiger partial charge in [0.2, 0.25) is 0 Å². The van der Waals surface area contributed by atoms with E-state index in [4.69, 9.17) is 9.26 Å². The summed E-state index contributed by atoms with van der Waals surface area (Å²) >= 11 is 0. The zero-order valence-electron chi connectivity index (χ0n) is 19.3. The summed E-state index contributed by atoms with van der Waals surface area (Å²) in [5.74, 6) is -1.08. The third kappa shape index (κ3) is 13.7. The quantitative estimate of drug-likeness (QED) is 0.143. The fourth-order valence-electron chi connectivity index (χ4n) is 3.24. The summed E-state index contributed by atoms with van der Waals surface area (Å²) in [6.07, 6.45) is 11.9. The third-order valence-electron chi connectivity index (χ3n) is 5.00. The van der Waals surface area contributed by atoms with Crippen LogP contribution in [0, 0.1) is 17.8 Å². The number of hydrogen-bond donors (Lipinski definition) is 1. The molecule has 10 heteroatoms. The van der Waals surface area contributed by atoms with Crippen molar-refractivity contribution in [1.82, 2.24) is 0 Å². The average molecular weight is 472 g/mol. The number of aliphatic hydroxyl groups excluding tert-OH is 1. The van der Waals surface area contributed by atoms with Crippen molar-refractivity contribution in [2.75, 3.05) is 0 Å². The van der Waals surface area contributed by atoms with Crippen LogP contribution in [0.5, 0.6) is 0 Å². The maximum atomic E-state index is 11.5. The van der Waals surface area contributed by atoms with Crippen molar-refractivity contribution in [2.24, 2.45) is 17.8 Å². The van der Waals surface area contributed by atoms with Crippen molar-refractivity contribution in [2.45, 2.75) is 58.8 Å². The van der Waals surface area contributed by atoms with Crippen molar-refractivity contribution >= 4 is 13.8 Å². The van der Waals surface area contributed by atoms with Crippen LogP contribution in [0.4, 0.5) is 0 Å². The molecule has 0 spiro atoms. The fourth-order valence-corrected chi connectivity index (χ4v) is 3.87. The molecule has 164 valence electrons. The standard InChI is InChI=1S/C21H33O7P.2Na/c1-5-6-7-8-9-10-18(22)17(4)19(28-29(24,25)26)13-11-15(2)21-16(3)12-14-20(23)27-21;;/h5-10,12,14-19,21-22H,11,13H2,1-4H3,(H2,24,25,26);;/q;2*+1/p-2/b6-5+,8-7+,10-9+;;. The van der Waals surface area contributed by atoms with E-state index in [2.05, 4.69) is 0 Å². The second-order valence-corrected chi connectivity index (χ2v) is 8.52. The maximum Gasteiger partial charge on any atom is 1.00 e. The topological polar surface area (TPSA) is 119 Å². The van der Waals surface area contributed by atoms with E-state index in [-0.39, 0.29) is 83.5 Å². The molecule has 0 saturated heterocycles. The zero-order valence-corrected chi connectivity index (χ0v) is 24.2. The second-order valence-electron chi connectivity index (χ2n) is 7.41. The molecule has 1 heterocycles. The van der Waals surface area contributed by atoms with Gasteiger partial charge in [0.05, 0.1) is 20.0 Å². The largest absolute Gasteiger partial charge is 1.00 e. The number of rotatable bonds is 11. The number of cyclic esters (lactones) is 1. The van der Waals surface area contributed by atoms with Crippen molar-refractivity contribution in [3.63, 3.8) is 0 Å². The number of phosphoric acid groups is 1. The Morgan fingerprint density at radius 2 is 1.81 bits per heavy atom. The van der Waals surface area contributed by atoms with Gasteiger partial charge in [0.15, 0.2) is 0 Å². The van der Waals surface area contributed by atoms with Gasteiger partial charge in [-0.05, 0) is 25.7 Å². The molecule has 0 fully saturated rings. The Labute approximate surface area is 229 Å². The van der Waals surface area contributed by atoms with Crippen LogP contribution in [0.1, 0.15) is 40.5 Å². The molecule has 1 aliphatic rings. The Kier molecular flexibility index (Phi) is 18.5. The molecular formula is C21H31Na2O7P. The molecule has 1 N–H and O–H groups in total. The molecule has 0 aromatic heterocycles. The number of esters is 1. The fraction of sp³-hybridized carbons (Fsp3) is 0.571. The van der Waals surface area contributed by atoms with Crippen LogP contribution in [-0.4, -0.2) is 29.4 Å². The molecule has 31 heavy (non-hydrogen) atoms. The smallest absolute Gasteiger partial charge is 0.790 e. The van der Waals surface area contributed by atoms with Gasteiger partial charge in [0.25, 0.3) is 0 Å². The number of hydrogen-bond acceptors (Lipinski definition) is 7. The summed E-state index contributed by atoms with van der Waals surface area (Å²) in [5, 5.41) is 10.3. The third-order valence-corrected chi connectivity index (χ3v) is 5.53. The molecular weight excluding hydrogens is 441 g/mol. The number of aliphatic hydroxyl groups is 1. The zero-order chi connectivity index (χ0) is 22.0. The van der Waals surface area contributed by atoms with Gasteiger partial charge in [-0.3, -0.25) is 0 Å². The molecule has 1 aliphatic heterocycles. The predicted molar refractivity (Wildman–Crippen MR) is 107 cm³/mol. The molecule has 0 aromatic carbocycles. The first-order chi connectivity index (χ1) is 13.5. The summed E-state index contributed by atoms with van der Waals surface area (Å²) < 4.78 is 21.3. The number of phosphoric ester groups is 1. The molecule has 0 saturated carbocycles. The van der Waals surface area contributed by atoms with Crippen molar-refractivity contribution < 1.29 is 92.6 Å². The molecule has 0 aliphatic carbocycles. The summed E-state index contributed by atoms with van der Waals surface area (Å²) in [6, 6.07) is 0. The van der Waals surface area contributed by atoms with Crippen LogP contribution in [0.3, 0.4) is 0 Å². The Morgan fingerprint density at radius 3 is 2.39 bits per heavy atom. The van der Waals surface area contributed by atoms with Crippen molar-refractivity contribution in [3.05, 3.63) is 48.6 Å². The summed E-state index contributed by atoms with van der Waals surface area (Å²) in [4.78, 5) is 33.9. The van der Waals surface area contributed by atoms with E-state index in [1.165, 1.54) is 12.2 Å². The van der Waals surface area contributed by atoms with E-state index in [9.17, 15) is 24.3 Å². The van der Waals surface area contributed by atoms with Crippen molar-refractivity contribution in [1.29, 1.82) is 0 Å². The number of carbonyl (C=O) groups excluding carboxylic acids is 1. The molecule has 6 atom stereocenters. The van der Waals surface area contributed by atoms with Gasteiger partial charge in [-0.25, -0.2) is 4.79 Å². The van der Waals surface area contributed by atoms with Gasteiger partial charge in [0.1, 0.15) is 6.10 Å². The Balaban J connectivity index is 0. The van der Waals surface area contributed by atoms with Crippen LogP contribution >= 0.6 is 7.82 Å². The van der Waals surface area contributed by atoms with Crippen molar-refractivity contribution in [3.8, 4) is 0 Å². The average Bonchev–Trinajstić information content (AvgIpc) is 2.64. The minimum Gasteiger partial charge on any atom is -0.790 e. The summed E-state index contributed by atoms with van der Waals surface area (Å²) in [6.45, 7) is 7.33. The SMILES string of the molecule is C/C=C/C=C/C=C/C(O)C(C)C(CCC(C)C1OC(=O)C=CC1C)OP(=O)([O-])[O-].[Na+].[Na+]. The molecule has 0 aromatic rings. The van der Waals surface area contributed by atoms with E-state index in [1.807, 2.05) is 32.9 Å². The van der Waals surface area contributed by atoms with Crippen LogP contribution in [-0.2, 0) is 18.6 Å². The van der Waals surface area contributed by atoms with Gasteiger partial charge in [-0.2, -0.15) is 0 Å². The Bertz CT molecular complexity index is 687. The Morgan fingerprint density at radius 1 is 1.19 bits per heavy atom. The second kappa shape index (κ2) is 17.0. The van der Waals surface area contributed by atoms with E-state index >= 15 is 0 Å². The first-order valence-electron chi connectivity index (χ1n) is 9.78. The molecule has 0 bridgehead atoms. The van der Waals surface area contributed by atoms with Gasteiger partial charge in [-0.15, -0.1) is 0 Å². The molecule has 0 radical (unpaired) electrons. The predicted octanol–water partition coefficient (Wildman–Crippen LogP) is -3.57. The van der Waals surface area contributed by atoms with Crippen LogP contribution in [0.2, 0.25) is 0 Å². The van der Waals surface area contributed by atoms with E-state index in [0.717, 1.165) is 0 Å². The number of allylic oxidation sites excluding steroid dienone is 5. The summed E-state index contributed by atoms with van der Waals surface area (Å²) in [5.41, 5.74) is 0. The minimum atomic E-state index is -5.23. The van der Waals surface area contributed by atoms with E-state index < -0.39 is 31.9 Å². The van der Waals surface area contributed by atoms with Gasteiger partial charge >= 0.3 is 65.1 Å².